The molecule has 0 radical (unpaired) electrons. The molecule has 2 heteroatoms. The van der Waals surface area contributed by atoms with Crippen molar-refractivity contribution in [1.29, 1.82) is 0 Å². The van der Waals surface area contributed by atoms with E-state index >= 15 is 0 Å². The van der Waals surface area contributed by atoms with Crippen LogP contribution in [0.1, 0.15) is 58.4 Å². The van der Waals surface area contributed by atoms with Gasteiger partial charge < -0.3 is 9.47 Å². The van der Waals surface area contributed by atoms with Gasteiger partial charge in [0.1, 0.15) is 22.7 Å². The lowest BCUT2D eigenvalue weighted by molar-refractivity contribution is 0.114. The van der Waals surface area contributed by atoms with Gasteiger partial charge in [0.15, 0.2) is 0 Å². The molecule has 0 N–H and O–H groups in total. The average Bonchev–Trinajstić information content (AvgIpc) is 3.19. The van der Waals surface area contributed by atoms with E-state index in [-0.39, 0.29) is 11.2 Å². The zero-order valence-corrected chi connectivity index (χ0v) is 18.8. The first-order valence-electron chi connectivity index (χ1n) is 10.9. The number of aryl methyl sites for hydroxylation is 4. The number of hydrogen-bond acceptors (Lipinski definition) is 2. The lowest BCUT2D eigenvalue weighted by Gasteiger charge is -2.26. The van der Waals surface area contributed by atoms with Crippen molar-refractivity contribution < 1.29 is 9.47 Å². The Bertz CT molecular complexity index is 1050. The molecule has 0 saturated heterocycles. The molecule has 2 aliphatic rings. The summed E-state index contributed by atoms with van der Waals surface area (Å²) in [6, 6.07) is 17.8. The SMILES string of the molecule is Cc1ccc(C2(C)Cc3cc4c(cc3O2)CC(C)(c2ccc(C)c(C)c2)O4)cc1C. The first-order valence-corrected chi connectivity index (χ1v) is 10.9. The normalized spacial score (nSPS) is 24.2. The average molecular weight is 399 g/mol. The molecule has 154 valence electrons. The van der Waals surface area contributed by atoms with Crippen molar-refractivity contribution >= 4 is 0 Å². The lowest BCUT2D eigenvalue weighted by Crippen LogP contribution is -2.27. The molecule has 0 aromatic heterocycles. The fraction of sp³-hybridized carbons (Fsp3) is 0.357. The molecule has 3 aromatic carbocycles. The van der Waals surface area contributed by atoms with Crippen molar-refractivity contribution in [2.75, 3.05) is 0 Å². The van der Waals surface area contributed by atoms with E-state index in [0.717, 1.165) is 24.3 Å². The summed E-state index contributed by atoms with van der Waals surface area (Å²) in [6.07, 6.45) is 1.73. The van der Waals surface area contributed by atoms with Crippen LogP contribution in [0.5, 0.6) is 11.5 Å². The molecule has 0 bridgehead atoms. The fourth-order valence-corrected chi connectivity index (χ4v) is 4.86. The van der Waals surface area contributed by atoms with E-state index in [9.17, 15) is 0 Å². The molecule has 0 aliphatic carbocycles. The van der Waals surface area contributed by atoms with Crippen LogP contribution in [-0.4, -0.2) is 0 Å². The molecule has 2 unspecified atom stereocenters. The zero-order valence-electron chi connectivity index (χ0n) is 18.8. The largest absolute Gasteiger partial charge is 0.482 e. The Kier molecular flexibility index (Phi) is 4.09. The van der Waals surface area contributed by atoms with Crippen LogP contribution >= 0.6 is 0 Å². The van der Waals surface area contributed by atoms with Crippen LogP contribution in [0.4, 0.5) is 0 Å². The van der Waals surface area contributed by atoms with Gasteiger partial charge in [0.05, 0.1) is 0 Å². The summed E-state index contributed by atoms with van der Waals surface area (Å²) in [5.74, 6) is 2.00. The van der Waals surface area contributed by atoms with Crippen molar-refractivity contribution in [2.45, 2.75) is 65.6 Å². The Hall–Kier alpha value is -2.74. The lowest BCUT2D eigenvalue weighted by atomic mass is 9.88. The molecular weight excluding hydrogens is 368 g/mol. The van der Waals surface area contributed by atoms with E-state index in [4.69, 9.17) is 9.47 Å². The van der Waals surface area contributed by atoms with Gasteiger partial charge in [-0.1, -0.05) is 36.4 Å². The molecule has 0 fully saturated rings. The van der Waals surface area contributed by atoms with Crippen LogP contribution < -0.4 is 9.47 Å². The van der Waals surface area contributed by atoms with E-state index in [1.54, 1.807) is 0 Å². The predicted molar refractivity (Wildman–Crippen MR) is 122 cm³/mol. The molecule has 0 amide bonds. The van der Waals surface area contributed by atoms with Gasteiger partial charge in [-0.05, 0) is 87.1 Å². The highest BCUT2D eigenvalue weighted by Gasteiger charge is 2.41. The maximum Gasteiger partial charge on any atom is 0.135 e. The third-order valence-corrected chi connectivity index (χ3v) is 7.20. The Morgan fingerprint density at radius 2 is 0.967 bits per heavy atom. The van der Waals surface area contributed by atoms with Gasteiger partial charge in [-0.25, -0.2) is 0 Å². The Labute approximate surface area is 179 Å². The molecule has 2 heterocycles. The smallest absolute Gasteiger partial charge is 0.135 e. The Morgan fingerprint density at radius 1 is 0.567 bits per heavy atom. The highest BCUT2D eigenvalue weighted by atomic mass is 16.5. The summed E-state index contributed by atoms with van der Waals surface area (Å²) in [6.45, 7) is 13.0. The van der Waals surface area contributed by atoms with E-state index in [0.29, 0.717) is 0 Å². The summed E-state index contributed by atoms with van der Waals surface area (Å²) in [5.41, 5.74) is 9.54. The minimum Gasteiger partial charge on any atom is -0.482 e. The first-order chi connectivity index (χ1) is 14.2. The minimum absolute atomic E-state index is 0.326. The maximum atomic E-state index is 6.55. The van der Waals surface area contributed by atoms with Gasteiger partial charge in [-0.15, -0.1) is 0 Å². The Balaban J connectivity index is 1.45. The number of fused-ring (bicyclic) bond motifs is 2. The quantitative estimate of drug-likeness (QED) is 0.483. The van der Waals surface area contributed by atoms with Gasteiger partial charge in [-0.3, -0.25) is 0 Å². The van der Waals surface area contributed by atoms with E-state index in [1.807, 2.05) is 0 Å². The second kappa shape index (κ2) is 6.38. The summed E-state index contributed by atoms with van der Waals surface area (Å²) >= 11 is 0. The van der Waals surface area contributed by atoms with Crippen LogP contribution in [-0.2, 0) is 24.0 Å². The van der Waals surface area contributed by atoms with Crippen molar-refractivity contribution in [3.63, 3.8) is 0 Å². The molecule has 0 spiro atoms. The van der Waals surface area contributed by atoms with Gasteiger partial charge in [0.2, 0.25) is 0 Å². The number of hydrogen-bond donors (Lipinski definition) is 0. The van der Waals surface area contributed by atoms with Crippen molar-refractivity contribution in [3.8, 4) is 11.5 Å². The molecular formula is C28H30O2. The monoisotopic (exact) mass is 398 g/mol. The maximum absolute atomic E-state index is 6.55. The highest BCUT2D eigenvalue weighted by Crippen LogP contribution is 2.49. The van der Waals surface area contributed by atoms with Gasteiger partial charge in [0, 0.05) is 24.0 Å². The number of ether oxygens (including phenoxy) is 2. The van der Waals surface area contributed by atoms with Crippen molar-refractivity contribution in [3.05, 3.63) is 93.0 Å². The third-order valence-electron chi connectivity index (χ3n) is 7.20. The minimum atomic E-state index is -0.326. The van der Waals surface area contributed by atoms with Crippen LogP contribution in [0.25, 0.3) is 0 Å². The summed E-state index contributed by atoms with van der Waals surface area (Å²) < 4.78 is 13.1. The molecule has 2 atom stereocenters. The van der Waals surface area contributed by atoms with E-state index < -0.39 is 0 Å². The number of rotatable bonds is 2. The van der Waals surface area contributed by atoms with Gasteiger partial charge in [-0.2, -0.15) is 0 Å². The molecule has 3 aromatic rings. The topological polar surface area (TPSA) is 18.5 Å². The fourth-order valence-electron chi connectivity index (χ4n) is 4.86. The summed E-state index contributed by atoms with van der Waals surface area (Å²) in [5, 5.41) is 0. The third kappa shape index (κ3) is 2.93. The second-order valence-corrected chi connectivity index (χ2v) is 9.69. The Morgan fingerprint density at radius 3 is 1.33 bits per heavy atom. The van der Waals surface area contributed by atoms with E-state index in [1.165, 1.54) is 44.5 Å². The summed E-state index contributed by atoms with van der Waals surface area (Å²) in [4.78, 5) is 0. The number of benzene rings is 3. The summed E-state index contributed by atoms with van der Waals surface area (Å²) in [7, 11) is 0. The van der Waals surface area contributed by atoms with Crippen LogP contribution in [0.15, 0.2) is 48.5 Å². The van der Waals surface area contributed by atoms with Crippen molar-refractivity contribution in [1.82, 2.24) is 0 Å². The predicted octanol–water partition coefficient (Wildman–Crippen LogP) is 6.62. The first kappa shape index (κ1) is 19.2. The van der Waals surface area contributed by atoms with Crippen LogP contribution in [0.3, 0.4) is 0 Å². The molecule has 2 aliphatic heterocycles. The molecule has 2 nitrogen and oxygen atoms in total. The molecule has 5 rings (SSSR count). The van der Waals surface area contributed by atoms with Gasteiger partial charge >= 0.3 is 0 Å². The molecule has 30 heavy (non-hydrogen) atoms. The van der Waals surface area contributed by atoms with E-state index in [2.05, 4.69) is 90.1 Å². The highest BCUT2D eigenvalue weighted by molar-refractivity contribution is 5.54. The molecule has 0 saturated carbocycles. The second-order valence-electron chi connectivity index (χ2n) is 9.69. The van der Waals surface area contributed by atoms with Gasteiger partial charge in [0.25, 0.3) is 0 Å². The van der Waals surface area contributed by atoms with Crippen LogP contribution in [0, 0.1) is 27.7 Å². The van der Waals surface area contributed by atoms with Crippen molar-refractivity contribution in [2.24, 2.45) is 0 Å². The standard InChI is InChI=1S/C28H30O2/c1-17-7-9-23(11-19(17)3)27(5)15-21-13-26-22(14-25(21)29-27)16-28(6,30-26)24-10-8-18(2)20(4)12-24/h7-14H,15-16H2,1-6H3. The zero-order chi connectivity index (χ0) is 21.3. The van der Waals surface area contributed by atoms with Crippen LogP contribution in [0.2, 0.25) is 0 Å².